The zero-order valence-corrected chi connectivity index (χ0v) is 15.8. The standard InChI is InChI=1S/C22H19FN2O2S/c23-17-9-5-4-8-16(17)14-25-18-10-11-28-21(18)12-19(25)22(27)24-13-20(26)15-6-2-1-3-7-15/h1-12,20,26H,13-14H2,(H,24,27). The molecule has 4 nitrogen and oxygen atoms in total. The van der Waals surface area contributed by atoms with Crippen molar-refractivity contribution in [3.8, 4) is 0 Å². The molecule has 0 bridgehead atoms. The summed E-state index contributed by atoms with van der Waals surface area (Å²) in [5.41, 5.74) is 2.60. The number of carbonyl (C=O) groups is 1. The molecule has 142 valence electrons. The summed E-state index contributed by atoms with van der Waals surface area (Å²) in [7, 11) is 0. The van der Waals surface area contributed by atoms with E-state index in [0.717, 1.165) is 15.8 Å². The highest BCUT2D eigenvalue weighted by atomic mass is 32.1. The highest BCUT2D eigenvalue weighted by Crippen LogP contribution is 2.27. The average Bonchev–Trinajstić information content (AvgIpc) is 3.31. The van der Waals surface area contributed by atoms with Crippen LogP contribution < -0.4 is 5.32 Å². The molecule has 0 aliphatic rings. The maximum Gasteiger partial charge on any atom is 0.268 e. The lowest BCUT2D eigenvalue weighted by Gasteiger charge is -2.14. The summed E-state index contributed by atoms with van der Waals surface area (Å²) in [6, 6.07) is 19.5. The molecule has 4 rings (SSSR count). The molecule has 2 N–H and O–H groups in total. The Labute approximate surface area is 165 Å². The van der Waals surface area contributed by atoms with Crippen molar-refractivity contribution in [2.45, 2.75) is 12.6 Å². The number of benzene rings is 2. The molecule has 4 aromatic rings. The zero-order valence-electron chi connectivity index (χ0n) is 15.0. The Morgan fingerprint density at radius 1 is 1.11 bits per heavy atom. The third-order valence-corrected chi connectivity index (χ3v) is 5.54. The first-order valence-electron chi connectivity index (χ1n) is 8.95. The van der Waals surface area contributed by atoms with E-state index in [1.165, 1.54) is 17.4 Å². The normalized spacial score (nSPS) is 12.2. The number of hydrogen-bond acceptors (Lipinski definition) is 3. The number of halogens is 1. The minimum absolute atomic E-state index is 0.0986. The van der Waals surface area contributed by atoms with Gasteiger partial charge in [0.05, 0.1) is 22.9 Å². The SMILES string of the molecule is O=C(NCC(O)c1ccccc1)c1cc2sccc2n1Cc1ccccc1F. The van der Waals surface area contributed by atoms with Gasteiger partial charge in [0.1, 0.15) is 11.5 Å². The zero-order chi connectivity index (χ0) is 19.5. The number of rotatable bonds is 6. The van der Waals surface area contributed by atoms with Crippen LogP contribution in [0, 0.1) is 5.82 Å². The second-order valence-electron chi connectivity index (χ2n) is 6.51. The van der Waals surface area contributed by atoms with Crippen LogP contribution in [0.25, 0.3) is 10.2 Å². The van der Waals surface area contributed by atoms with Gasteiger partial charge in [0, 0.05) is 12.1 Å². The van der Waals surface area contributed by atoms with Gasteiger partial charge in [-0.25, -0.2) is 4.39 Å². The highest BCUT2D eigenvalue weighted by Gasteiger charge is 2.18. The fourth-order valence-corrected chi connectivity index (χ4v) is 4.03. The maximum atomic E-state index is 14.1. The lowest BCUT2D eigenvalue weighted by Crippen LogP contribution is -2.30. The monoisotopic (exact) mass is 394 g/mol. The third-order valence-electron chi connectivity index (χ3n) is 4.68. The third kappa shape index (κ3) is 3.69. The molecule has 28 heavy (non-hydrogen) atoms. The van der Waals surface area contributed by atoms with E-state index in [4.69, 9.17) is 0 Å². The van der Waals surface area contributed by atoms with Crippen LogP contribution in [0.5, 0.6) is 0 Å². The topological polar surface area (TPSA) is 54.3 Å². The van der Waals surface area contributed by atoms with Gasteiger partial charge < -0.3 is 15.0 Å². The number of amides is 1. The highest BCUT2D eigenvalue weighted by molar-refractivity contribution is 7.17. The second-order valence-corrected chi connectivity index (χ2v) is 7.46. The Bertz CT molecular complexity index is 1100. The Morgan fingerprint density at radius 3 is 2.64 bits per heavy atom. The Balaban J connectivity index is 1.57. The number of aliphatic hydroxyl groups is 1. The van der Waals surface area contributed by atoms with E-state index in [1.54, 1.807) is 18.2 Å². The van der Waals surface area contributed by atoms with Crippen molar-refractivity contribution in [3.63, 3.8) is 0 Å². The maximum absolute atomic E-state index is 14.1. The van der Waals surface area contributed by atoms with Gasteiger partial charge in [-0.15, -0.1) is 11.3 Å². The van der Waals surface area contributed by atoms with Crippen LogP contribution in [0.1, 0.15) is 27.7 Å². The van der Waals surface area contributed by atoms with Crippen LogP contribution >= 0.6 is 11.3 Å². The molecule has 0 aliphatic carbocycles. The van der Waals surface area contributed by atoms with Crippen molar-refractivity contribution >= 4 is 27.5 Å². The van der Waals surface area contributed by atoms with Crippen molar-refractivity contribution in [2.75, 3.05) is 6.54 Å². The molecule has 1 amide bonds. The average molecular weight is 394 g/mol. The molecule has 0 aliphatic heterocycles. The lowest BCUT2D eigenvalue weighted by molar-refractivity contribution is 0.0908. The number of nitrogens with zero attached hydrogens (tertiary/aromatic N) is 1. The molecule has 0 saturated carbocycles. The number of fused-ring (bicyclic) bond motifs is 1. The summed E-state index contributed by atoms with van der Waals surface area (Å²) in [6.45, 7) is 0.359. The van der Waals surface area contributed by atoms with Crippen LogP contribution in [-0.4, -0.2) is 22.1 Å². The summed E-state index contributed by atoms with van der Waals surface area (Å²) in [5, 5.41) is 15.0. The molecule has 2 heterocycles. The van der Waals surface area contributed by atoms with E-state index in [9.17, 15) is 14.3 Å². The van der Waals surface area contributed by atoms with Gasteiger partial charge >= 0.3 is 0 Å². The van der Waals surface area contributed by atoms with Crippen LogP contribution in [0.4, 0.5) is 4.39 Å². The summed E-state index contributed by atoms with van der Waals surface area (Å²) in [6.07, 6.45) is -0.791. The first kappa shape index (κ1) is 18.4. The number of carbonyl (C=O) groups excluding carboxylic acids is 1. The molecule has 2 aromatic heterocycles. The lowest BCUT2D eigenvalue weighted by atomic mass is 10.1. The summed E-state index contributed by atoms with van der Waals surface area (Å²) < 4.78 is 16.9. The van der Waals surface area contributed by atoms with E-state index in [-0.39, 0.29) is 24.8 Å². The summed E-state index contributed by atoms with van der Waals surface area (Å²) in [4.78, 5) is 12.8. The van der Waals surface area contributed by atoms with Crippen LogP contribution in [0.15, 0.2) is 72.1 Å². The predicted octanol–water partition coefficient (Wildman–Crippen LogP) is 4.35. The molecule has 0 fully saturated rings. The molecule has 0 saturated heterocycles. The summed E-state index contributed by atoms with van der Waals surface area (Å²) in [5.74, 6) is -0.597. The van der Waals surface area contributed by atoms with E-state index in [1.807, 2.05) is 52.4 Å². The van der Waals surface area contributed by atoms with Gasteiger partial charge in [-0.1, -0.05) is 48.5 Å². The van der Waals surface area contributed by atoms with E-state index in [2.05, 4.69) is 5.32 Å². The van der Waals surface area contributed by atoms with Crippen molar-refractivity contribution < 1.29 is 14.3 Å². The largest absolute Gasteiger partial charge is 0.387 e. The van der Waals surface area contributed by atoms with Gasteiger partial charge in [0.2, 0.25) is 0 Å². The number of thiophene rings is 1. The fraction of sp³-hybridized carbons (Fsp3) is 0.136. The Hall–Kier alpha value is -2.96. The molecule has 0 spiro atoms. The molecule has 6 heteroatoms. The molecular formula is C22H19FN2O2S. The van der Waals surface area contributed by atoms with Crippen LogP contribution in [-0.2, 0) is 6.54 Å². The van der Waals surface area contributed by atoms with Crippen molar-refractivity contribution in [2.24, 2.45) is 0 Å². The minimum atomic E-state index is -0.791. The first-order chi connectivity index (χ1) is 13.6. The Morgan fingerprint density at radius 2 is 1.86 bits per heavy atom. The van der Waals surface area contributed by atoms with Crippen molar-refractivity contribution in [1.29, 1.82) is 0 Å². The minimum Gasteiger partial charge on any atom is -0.387 e. The number of hydrogen-bond donors (Lipinski definition) is 2. The molecule has 1 unspecified atom stereocenters. The van der Waals surface area contributed by atoms with Crippen LogP contribution in [0.3, 0.4) is 0 Å². The molecule has 0 radical (unpaired) electrons. The number of aromatic nitrogens is 1. The number of nitrogens with one attached hydrogen (secondary N) is 1. The first-order valence-corrected chi connectivity index (χ1v) is 9.83. The van der Waals surface area contributed by atoms with Crippen LogP contribution in [0.2, 0.25) is 0 Å². The van der Waals surface area contributed by atoms with Crippen molar-refractivity contribution in [3.05, 3.63) is 94.7 Å². The van der Waals surface area contributed by atoms with Gasteiger partial charge in [0.15, 0.2) is 0 Å². The number of aliphatic hydroxyl groups excluding tert-OH is 1. The quantitative estimate of drug-likeness (QED) is 0.511. The fourth-order valence-electron chi connectivity index (χ4n) is 3.21. The van der Waals surface area contributed by atoms with Gasteiger partial charge in [0.25, 0.3) is 5.91 Å². The van der Waals surface area contributed by atoms with Crippen molar-refractivity contribution in [1.82, 2.24) is 9.88 Å². The predicted molar refractivity (Wildman–Crippen MR) is 109 cm³/mol. The van der Waals surface area contributed by atoms with E-state index >= 15 is 0 Å². The van der Waals surface area contributed by atoms with E-state index in [0.29, 0.717) is 11.3 Å². The summed E-state index contributed by atoms with van der Waals surface area (Å²) >= 11 is 1.53. The van der Waals surface area contributed by atoms with E-state index < -0.39 is 6.10 Å². The van der Waals surface area contributed by atoms with Gasteiger partial charge in [-0.05, 0) is 29.1 Å². The molecule has 2 aromatic carbocycles. The molecule has 1 atom stereocenters. The second kappa shape index (κ2) is 7.96. The van der Waals surface area contributed by atoms with Gasteiger partial charge in [-0.2, -0.15) is 0 Å². The Kier molecular flexibility index (Phi) is 5.23. The smallest absolute Gasteiger partial charge is 0.268 e. The molecular weight excluding hydrogens is 375 g/mol. The van der Waals surface area contributed by atoms with Gasteiger partial charge in [-0.3, -0.25) is 4.79 Å².